The van der Waals surface area contributed by atoms with E-state index in [4.69, 9.17) is 4.74 Å². The number of anilines is 1. The SMILES string of the molecule is CCOc1cc(C=NNc2nc3c(c(=O)n(C)c(=O)n3C)n2CCO)cc(Br)c1O. The summed E-state index contributed by atoms with van der Waals surface area (Å²) in [5, 5.41) is 23.5. The molecule has 0 aliphatic rings. The first-order valence-electron chi connectivity index (χ1n) is 9.01. The number of aromatic hydroxyl groups is 1. The third kappa shape index (κ3) is 3.83. The lowest BCUT2D eigenvalue weighted by atomic mass is 10.2. The third-order valence-electron chi connectivity index (χ3n) is 4.40. The smallest absolute Gasteiger partial charge is 0.332 e. The van der Waals surface area contributed by atoms with Crippen molar-refractivity contribution in [2.45, 2.75) is 13.5 Å². The molecule has 0 radical (unpaired) electrons. The number of nitrogens with one attached hydrogen (secondary N) is 1. The van der Waals surface area contributed by atoms with E-state index in [9.17, 15) is 19.8 Å². The van der Waals surface area contributed by atoms with Crippen molar-refractivity contribution in [1.29, 1.82) is 0 Å². The Morgan fingerprint density at radius 1 is 1.30 bits per heavy atom. The molecule has 0 amide bonds. The summed E-state index contributed by atoms with van der Waals surface area (Å²) in [6, 6.07) is 3.27. The molecule has 0 aliphatic carbocycles. The number of phenols is 1. The van der Waals surface area contributed by atoms with Gasteiger partial charge in [0.25, 0.3) is 5.56 Å². The van der Waals surface area contributed by atoms with Gasteiger partial charge in [0.2, 0.25) is 5.95 Å². The molecule has 30 heavy (non-hydrogen) atoms. The lowest BCUT2D eigenvalue weighted by molar-refractivity contribution is 0.278. The predicted octanol–water partition coefficient (Wildman–Crippen LogP) is 0.739. The predicted molar refractivity (Wildman–Crippen MR) is 115 cm³/mol. The third-order valence-corrected chi connectivity index (χ3v) is 5.00. The molecule has 0 bridgehead atoms. The summed E-state index contributed by atoms with van der Waals surface area (Å²) in [5.41, 5.74) is 2.71. The van der Waals surface area contributed by atoms with Gasteiger partial charge in [-0.1, -0.05) is 0 Å². The maximum atomic E-state index is 12.6. The number of benzene rings is 1. The van der Waals surface area contributed by atoms with Gasteiger partial charge in [0, 0.05) is 20.6 Å². The number of aliphatic hydroxyl groups is 1. The molecule has 2 heterocycles. The summed E-state index contributed by atoms with van der Waals surface area (Å²) < 4.78 is 9.53. The number of nitrogens with zero attached hydrogens (tertiary/aromatic N) is 5. The first kappa shape index (κ1) is 21.6. The Kier molecular flexibility index (Phi) is 6.27. The summed E-state index contributed by atoms with van der Waals surface area (Å²) in [6.07, 6.45) is 1.48. The zero-order valence-electron chi connectivity index (χ0n) is 16.6. The van der Waals surface area contributed by atoms with Crippen LogP contribution in [0.2, 0.25) is 0 Å². The Hall–Kier alpha value is -3.12. The number of hydrogen-bond acceptors (Lipinski definition) is 8. The average Bonchev–Trinajstić information content (AvgIpc) is 3.07. The highest BCUT2D eigenvalue weighted by molar-refractivity contribution is 9.10. The Bertz CT molecular complexity index is 1240. The van der Waals surface area contributed by atoms with Crippen LogP contribution in [0.5, 0.6) is 11.5 Å². The first-order chi connectivity index (χ1) is 14.3. The zero-order chi connectivity index (χ0) is 22.0. The minimum atomic E-state index is -0.519. The number of aliphatic hydroxyl groups excluding tert-OH is 1. The number of imidazole rings is 1. The largest absolute Gasteiger partial charge is 0.503 e. The van der Waals surface area contributed by atoms with Crippen LogP contribution in [-0.2, 0) is 20.6 Å². The van der Waals surface area contributed by atoms with Crippen molar-refractivity contribution >= 4 is 39.3 Å². The topological polar surface area (TPSA) is 136 Å². The maximum Gasteiger partial charge on any atom is 0.332 e. The number of phenolic OH excluding ortho intramolecular Hbond substituents is 1. The molecule has 3 aromatic rings. The summed E-state index contributed by atoms with van der Waals surface area (Å²) in [4.78, 5) is 29.0. The highest BCUT2D eigenvalue weighted by Gasteiger charge is 2.18. The van der Waals surface area contributed by atoms with Gasteiger partial charge in [0.05, 0.1) is 23.9 Å². The molecule has 2 aromatic heterocycles. The fourth-order valence-corrected chi connectivity index (χ4v) is 3.41. The first-order valence-corrected chi connectivity index (χ1v) is 9.80. The molecule has 0 saturated heterocycles. The van der Waals surface area contributed by atoms with Crippen molar-refractivity contribution in [2.75, 3.05) is 18.6 Å². The van der Waals surface area contributed by atoms with E-state index in [1.807, 2.05) is 0 Å². The van der Waals surface area contributed by atoms with Crippen LogP contribution >= 0.6 is 15.9 Å². The molecule has 1 aromatic carbocycles. The summed E-state index contributed by atoms with van der Waals surface area (Å²) >= 11 is 3.26. The normalized spacial score (nSPS) is 11.5. The van der Waals surface area contributed by atoms with Crippen molar-refractivity contribution in [3.05, 3.63) is 43.0 Å². The van der Waals surface area contributed by atoms with Gasteiger partial charge >= 0.3 is 5.69 Å². The number of hydrogen-bond donors (Lipinski definition) is 3. The van der Waals surface area contributed by atoms with Crippen LogP contribution in [-0.4, -0.2) is 48.3 Å². The van der Waals surface area contributed by atoms with E-state index in [1.54, 1.807) is 19.1 Å². The van der Waals surface area contributed by atoms with Gasteiger partial charge < -0.3 is 19.5 Å². The van der Waals surface area contributed by atoms with Gasteiger partial charge in [0.1, 0.15) is 0 Å². The van der Waals surface area contributed by atoms with E-state index < -0.39 is 11.2 Å². The van der Waals surface area contributed by atoms with E-state index in [0.29, 0.717) is 22.4 Å². The maximum absolute atomic E-state index is 12.6. The van der Waals surface area contributed by atoms with Crippen molar-refractivity contribution in [3.8, 4) is 11.5 Å². The van der Waals surface area contributed by atoms with Crippen LogP contribution in [0.4, 0.5) is 5.95 Å². The van der Waals surface area contributed by atoms with Gasteiger partial charge in [0.15, 0.2) is 22.7 Å². The molecule has 3 N–H and O–H groups in total. The van der Waals surface area contributed by atoms with E-state index in [0.717, 1.165) is 4.57 Å². The van der Waals surface area contributed by atoms with Crippen molar-refractivity contribution < 1.29 is 14.9 Å². The quantitative estimate of drug-likeness (QED) is 0.335. The number of aryl methyl sites for hydroxylation is 1. The Morgan fingerprint density at radius 2 is 2.03 bits per heavy atom. The molecule has 0 unspecified atom stereocenters. The number of fused-ring (bicyclic) bond motifs is 1. The zero-order valence-corrected chi connectivity index (χ0v) is 18.2. The van der Waals surface area contributed by atoms with E-state index in [2.05, 4.69) is 31.4 Å². The summed E-state index contributed by atoms with van der Waals surface area (Å²) in [6.45, 7) is 2.04. The van der Waals surface area contributed by atoms with E-state index in [1.165, 1.54) is 29.4 Å². The molecule has 160 valence electrons. The highest BCUT2D eigenvalue weighted by Crippen LogP contribution is 2.35. The van der Waals surface area contributed by atoms with Gasteiger partial charge in [-0.05, 0) is 40.5 Å². The van der Waals surface area contributed by atoms with Crippen molar-refractivity contribution in [2.24, 2.45) is 19.2 Å². The lowest BCUT2D eigenvalue weighted by Crippen LogP contribution is -2.37. The van der Waals surface area contributed by atoms with Crippen LogP contribution in [0.15, 0.2) is 31.3 Å². The van der Waals surface area contributed by atoms with Crippen LogP contribution in [0.1, 0.15) is 12.5 Å². The second-order valence-electron chi connectivity index (χ2n) is 6.34. The second-order valence-corrected chi connectivity index (χ2v) is 7.20. The summed E-state index contributed by atoms with van der Waals surface area (Å²) in [5.74, 6) is 0.485. The number of hydrazone groups is 1. The Morgan fingerprint density at radius 3 is 2.70 bits per heavy atom. The molecule has 0 atom stereocenters. The minimum absolute atomic E-state index is 0.0107. The average molecular weight is 481 g/mol. The monoisotopic (exact) mass is 480 g/mol. The molecular weight excluding hydrogens is 460 g/mol. The molecule has 0 aliphatic heterocycles. The second kappa shape index (κ2) is 8.71. The Balaban J connectivity index is 2.01. The number of ether oxygens (including phenoxy) is 1. The molecule has 0 fully saturated rings. The van der Waals surface area contributed by atoms with Crippen molar-refractivity contribution in [3.63, 3.8) is 0 Å². The summed E-state index contributed by atoms with van der Waals surface area (Å²) in [7, 11) is 2.89. The van der Waals surface area contributed by atoms with Crippen LogP contribution < -0.4 is 21.4 Å². The molecule has 0 saturated carbocycles. The lowest BCUT2D eigenvalue weighted by Gasteiger charge is -2.08. The van der Waals surface area contributed by atoms with Crippen molar-refractivity contribution in [1.82, 2.24) is 18.7 Å². The molecular formula is C18H21BrN6O5. The fraction of sp³-hybridized carbons (Fsp3) is 0.333. The van der Waals surface area contributed by atoms with Crippen LogP contribution in [0, 0.1) is 0 Å². The standard InChI is InChI=1S/C18H21BrN6O5/c1-4-30-12-8-10(7-11(19)14(12)27)9-20-22-17-21-15-13(25(17)5-6-26)16(28)24(3)18(29)23(15)2/h7-9,26-27H,4-6H2,1-3H3,(H,21,22). The number of halogens is 1. The fourth-order valence-electron chi connectivity index (χ4n) is 2.95. The van der Waals surface area contributed by atoms with Gasteiger partial charge in [-0.15, -0.1) is 0 Å². The van der Waals surface area contributed by atoms with Gasteiger partial charge in [-0.2, -0.15) is 10.1 Å². The molecule has 11 nitrogen and oxygen atoms in total. The molecule has 12 heteroatoms. The number of aromatic nitrogens is 4. The molecule has 3 rings (SSSR count). The van der Waals surface area contributed by atoms with E-state index in [-0.39, 0.29) is 36.0 Å². The van der Waals surface area contributed by atoms with Crippen LogP contribution in [0.25, 0.3) is 11.2 Å². The highest BCUT2D eigenvalue weighted by atomic mass is 79.9. The Labute approximate surface area is 179 Å². The van der Waals surface area contributed by atoms with Gasteiger partial charge in [-0.25, -0.2) is 10.2 Å². The number of rotatable bonds is 7. The minimum Gasteiger partial charge on any atom is -0.503 e. The van der Waals surface area contributed by atoms with Gasteiger partial charge in [-0.3, -0.25) is 13.9 Å². The van der Waals surface area contributed by atoms with E-state index >= 15 is 0 Å². The van der Waals surface area contributed by atoms with Crippen LogP contribution in [0.3, 0.4) is 0 Å². The molecule has 0 spiro atoms.